The fourth-order valence-electron chi connectivity index (χ4n) is 2.97. The number of nitrogens with zero attached hydrogens (tertiary/aromatic N) is 4. The average Bonchev–Trinajstić information content (AvgIpc) is 2.87. The van der Waals surface area contributed by atoms with Crippen LogP contribution < -0.4 is 9.47 Å². The van der Waals surface area contributed by atoms with Crippen molar-refractivity contribution in [1.29, 1.82) is 5.26 Å². The number of alkyl halides is 2. The van der Waals surface area contributed by atoms with Gasteiger partial charge in [-0.25, -0.2) is 0 Å². The number of halogens is 2. The molecule has 1 aliphatic heterocycles. The van der Waals surface area contributed by atoms with Crippen molar-refractivity contribution >= 4 is 11.6 Å². The number of methoxy groups -OCH3 is 1. The Kier molecular flexibility index (Phi) is 5.46. The van der Waals surface area contributed by atoms with Crippen LogP contribution in [0.1, 0.15) is 36.5 Å². The van der Waals surface area contributed by atoms with Crippen LogP contribution in [0.15, 0.2) is 18.2 Å². The molecular weight excluding hydrogens is 342 g/mol. The summed E-state index contributed by atoms with van der Waals surface area (Å²) in [7, 11) is 1.37. The molecule has 2 aromatic rings. The third kappa shape index (κ3) is 3.82. The van der Waals surface area contributed by atoms with E-state index >= 15 is 0 Å². The number of hydrogen-bond acceptors (Lipinski definition) is 5. The first kappa shape index (κ1) is 17.9. The summed E-state index contributed by atoms with van der Waals surface area (Å²) in [5.74, 6) is 1.47. The number of aromatic nitrogens is 3. The van der Waals surface area contributed by atoms with Gasteiger partial charge in [0.1, 0.15) is 11.9 Å². The summed E-state index contributed by atoms with van der Waals surface area (Å²) in [6, 6.07) is 6.71. The molecule has 3 rings (SSSR count). The second-order valence-electron chi connectivity index (χ2n) is 5.86. The highest BCUT2D eigenvalue weighted by Crippen LogP contribution is 2.31. The summed E-state index contributed by atoms with van der Waals surface area (Å²) in [5.41, 5.74) is 0.850. The fourth-order valence-corrected chi connectivity index (χ4v) is 2.97. The molecule has 0 atom stereocenters. The van der Waals surface area contributed by atoms with E-state index in [1.54, 1.807) is 12.1 Å². The number of aryl methyl sites for hydroxylation is 1. The predicted molar refractivity (Wildman–Crippen MR) is 90.7 cm³/mol. The molecule has 0 saturated heterocycles. The number of ether oxygens (including phenoxy) is 2. The lowest BCUT2D eigenvalue weighted by molar-refractivity contribution is -0.0512. The van der Waals surface area contributed by atoms with E-state index in [9.17, 15) is 14.0 Å². The first-order valence-electron chi connectivity index (χ1n) is 8.29. The molecule has 0 spiro atoms. The Hall–Kier alpha value is -2.95. The summed E-state index contributed by atoms with van der Waals surface area (Å²) in [5, 5.41) is 17.9. The second kappa shape index (κ2) is 7.95. The molecule has 1 aromatic carbocycles. The van der Waals surface area contributed by atoms with Gasteiger partial charge in [-0.15, -0.1) is 10.2 Å². The normalized spacial score (nSPS) is 14.5. The predicted octanol–water partition coefficient (Wildman–Crippen LogP) is 3.68. The third-order valence-corrected chi connectivity index (χ3v) is 4.19. The quantitative estimate of drug-likeness (QED) is 0.761. The molecule has 8 heteroatoms. The van der Waals surface area contributed by atoms with Gasteiger partial charge in [0.25, 0.3) is 0 Å². The highest BCUT2D eigenvalue weighted by molar-refractivity contribution is 5.87. The molecule has 136 valence electrons. The molecule has 0 amide bonds. The molecule has 1 aromatic heterocycles. The maximum atomic E-state index is 12.6. The third-order valence-electron chi connectivity index (χ3n) is 4.19. The summed E-state index contributed by atoms with van der Waals surface area (Å²) in [6.07, 6.45) is 5.59. The Morgan fingerprint density at radius 2 is 2.12 bits per heavy atom. The van der Waals surface area contributed by atoms with Gasteiger partial charge in [0.05, 0.1) is 12.7 Å². The van der Waals surface area contributed by atoms with Gasteiger partial charge in [0, 0.05) is 13.0 Å². The minimum Gasteiger partial charge on any atom is -0.493 e. The average molecular weight is 360 g/mol. The zero-order chi connectivity index (χ0) is 18.5. The van der Waals surface area contributed by atoms with Crippen molar-refractivity contribution in [3.8, 4) is 17.6 Å². The summed E-state index contributed by atoms with van der Waals surface area (Å²) in [4.78, 5) is 0. The zero-order valence-electron chi connectivity index (χ0n) is 14.3. The van der Waals surface area contributed by atoms with E-state index in [4.69, 9.17) is 4.74 Å². The van der Waals surface area contributed by atoms with E-state index in [1.807, 2.05) is 4.57 Å². The first-order chi connectivity index (χ1) is 12.6. The van der Waals surface area contributed by atoms with Crippen molar-refractivity contribution < 1.29 is 18.3 Å². The van der Waals surface area contributed by atoms with Crippen molar-refractivity contribution in [2.45, 2.75) is 38.8 Å². The van der Waals surface area contributed by atoms with E-state index in [2.05, 4.69) is 21.0 Å². The second-order valence-corrected chi connectivity index (χ2v) is 5.86. The van der Waals surface area contributed by atoms with E-state index in [-0.39, 0.29) is 11.5 Å². The van der Waals surface area contributed by atoms with Gasteiger partial charge in [0.15, 0.2) is 17.3 Å². The number of rotatable bonds is 5. The standard InChI is InChI=1S/C18H18F2N4O2/c1-25-14-7-6-12(10-15(14)26-18(19)20)9-13(11-21)17-23-22-16-5-3-2-4-8-24(16)17/h6-7,9-10,18H,2-5,8H2,1H3/b13-9+. The number of nitriles is 1. The van der Waals surface area contributed by atoms with Crippen molar-refractivity contribution in [2.24, 2.45) is 0 Å². The molecular formula is C18H18F2N4O2. The molecule has 0 bridgehead atoms. The summed E-state index contributed by atoms with van der Waals surface area (Å²) in [6.45, 7) is -2.20. The van der Waals surface area contributed by atoms with Crippen molar-refractivity contribution in [3.05, 3.63) is 35.4 Å². The Morgan fingerprint density at radius 3 is 2.85 bits per heavy atom. The zero-order valence-corrected chi connectivity index (χ0v) is 14.3. The first-order valence-corrected chi connectivity index (χ1v) is 8.29. The van der Waals surface area contributed by atoms with Gasteiger partial charge in [0.2, 0.25) is 0 Å². The Bertz CT molecular complexity index is 855. The summed E-state index contributed by atoms with van der Waals surface area (Å²) >= 11 is 0. The van der Waals surface area contributed by atoms with Crippen LogP contribution in [0.2, 0.25) is 0 Å². The minimum atomic E-state index is -2.97. The molecule has 6 nitrogen and oxygen atoms in total. The van der Waals surface area contributed by atoms with E-state index in [0.29, 0.717) is 17.0 Å². The maximum Gasteiger partial charge on any atom is 0.387 e. The fraction of sp³-hybridized carbons (Fsp3) is 0.389. The van der Waals surface area contributed by atoms with Crippen molar-refractivity contribution in [2.75, 3.05) is 7.11 Å². The summed E-state index contributed by atoms with van der Waals surface area (Å²) < 4.78 is 36.6. The number of hydrogen-bond donors (Lipinski definition) is 0. The van der Waals surface area contributed by atoms with E-state index < -0.39 is 6.61 Å². The topological polar surface area (TPSA) is 73.0 Å². The highest BCUT2D eigenvalue weighted by atomic mass is 19.3. The van der Waals surface area contributed by atoms with Crippen LogP contribution in [0, 0.1) is 11.3 Å². The Morgan fingerprint density at radius 1 is 1.27 bits per heavy atom. The lowest BCUT2D eigenvalue weighted by atomic mass is 10.1. The molecule has 0 N–H and O–H groups in total. The van der Waals surface area contributed by atoms with Gasteiger partial charge in [-0.3, -0.25) is 0 Å². The Labute approximate surface area is 149 Å². The van der Waals surface area contributed by atoms with Crippen molar-refractivity contribution in [3.63, 3.8) is 0 Å². The van der Waals surface area contributed by atoms with Crippen LogP contribution >= 0.6 is 0 Å². The van der Waals surface area contributed by atoms with Gasteiger partial charge < -0.3 is 14.0 Å². The van der Waals surface area contributed by atoms with Gasteiger partial charge >= 0.3 is 6.61 Å². The van der Waals surface area contributed by atoms with E-state index in [1.165, 1.54) is 19.2 Å². The molecule has 0 radical (unpaired) electrons. The molecule has 1 aliphatic rings. The molecule has 2 heterocycles. The monoisotopic (exact) mass is 360 g/mol. The van der Waals surface area contributed by atoms with Crippen LogP contribution in [0.25, 0.3) is 11.6 Å². The van der Waals surface area contributed by atoms with Crippen LogP contribution in [0.4, 0.5) is 8.78 Å². The van der Waals surface area contributed by atoms with Crippen molar-refractivity contribution in [1.82, 2.24) is 14.8 Å². The lowest BCUT2D eigenvalue weighted by Gasteiger charge is -2.10. The van der Waals surface area contributed by atoms with Gasteiger partial charge in [-0.2, -0.15) is 14.0 Å². The van der Waals surface area contributed by atoms with Crippen LogP contribution in [-0.4, -0.2) is 28.5 Å². The van der Waals surface area contributed by atoms with Crippen LogP contribution in [0.3, 0.4) is 0 Å². The van der Waals surface area contributed by atoms with E-state index in [0.717, 1.165) is 38.1 Å². The van der Waals surface area contributed by atoms with Crippen LogP contribution in [-0.2, 0) is 13.0 Å². The Balaban J connectivity index is 1.98. The highest BCUT2D eigenvalue weighted by Gasteiger charge is 2.18. The largest absolute Gasteiger partial charge is 0.493 e. The number of allylic oxidation sites excluding steroid dienone is 1. The SMILES string of the molecule is COc1ccc(/C=C(\C#N)c2nnc3n2CCCCC3)cc1OC(F)F. The number of benzene rings is 1. The number of fused-ring (bicyclic) bond motifs is 1. The lowest BCUT2D eigenvalue weighted by Crippen LogP contribution is -2.05. The smallest absolute Gasteiger partial charge is 0.387 e. The van der Waals surface area contributed by atoms with Crippen LogP contribution in [0.5, 0.6) is 11.5 Å². The maximum absolute atomic E-state index is 12.6. The molecule has 0 aliphatic carbocycles. The minimum absolute atomic E-state index is 0.0892. The molecule has 26 heavy (non-hydrogen) atoms. The van der Waals surface area contributed by atoms with Gasteiger partial charge in [-0.05, 0) is 36.6 Å². The molecule has 0 fully saturated rings. The van der Waals surface area contributed by atoms with Gasteiger partial charge in [-0.1, -0.05) is 12.5 Å². The molecule has 0 saturated carbocycles. The molecule has 0 unspecified atom stereocenters.